The van der Waals surface area contributed by atoms with Gasteiger partial charge in [-0.1, -0.05) is 78.9 Å². The molecule has 0 spiro atoms. The zero-order valence-electron chi connectivity index (χ0n) is 40.8. The van der Waals surface area contributed by atoms with E-state index in [4.69, 9.17) is 52.1 Å². The van der Waals surface area contributed by atoms with Crippen LogP contribution in [0.4, 0.5) is 9.59 Å². The Morgan fingerprint density at radius 2 is 1.07 bits per heavy atom. The van der Waals surface area contributed by atoms with E-state index in [1.54, 1.807) is 0 Å². The van der Waals surface area contributed by atoms with E-state index < -0.39 is 29.8 Å². The maximum atomic E-state index is 13.0. The van der Waals surface area contributed by atoms with Crippen LogP contribution in [-0.4, -0.2) is 149 Å². The lowest BCUT2D eigenvalue weighted by Gasteiger charge is -2.19. The molecule has 0 saturated heterocycles. The van der Waals surface area contributed by atoms with Crippen LogP contribution < -0.4 is 15.4 Å². The third-order valence-electron chi connectivity index (χ3n) is 10.7. The van der Waals surface area contributed by atoms with Crippen LogP contribution in [0.2, 0.25) is 0 Å². The summed E-state index contributed by atoms with van der Waals surface area (Å²) >= 11 is 0. The standard InChI is InChI=1S/C53H70N2O14/c1-39-36-42(67-35-34-66-33-32-65-31-30-64-29-28-63-27-26-62-25-24-61-23-22-60-21-20-54-51(57)69-53(2,3)4)18-19-43(39)41-16-14-40(15-17-41)37-49(50(56)59-5)55-52(58)68-38-48-46-12-8-6-10-44(46)45-11-7-9-13-47(45)48/h6-19,36,48-49H,20-35,37-38H2,1-5H3,(H,54,57)(H,55,58)/t49-/m0/s1. The van der Waals surface area contributed by atoms with Crippen molar-refractivity contribution in [3.63, 3.8) is 0 Å². The molecule has 1 aliphatic carbocycles. The van der Waals surface area contributed by atoms with Gasteiger partial charge in [0, 0.05) is 18.9 Å². The van der Waals surface area contributed by atoms with Crippen molar-refractivity contribution >= 4 is 18.2 Å². The summed E-state index contributed by atoms with van der Waals surface area (Å²) in [5, 5.41) is 5.36. The highest BCUT2D eigenvalue weighted by atomic mass is 16.6. The van der Waals surface area contributed by atoms with Crippen molar-refractivity contribution in [3.05, 3.63) is 113 Å². The van der Waals surface area contributed by atoms with E-state index in [9.17, 15) is 14.4 Å². The van der Waals surface area contributed by atoms with Gasteiger partial charge in [0.05, 0.1) is 99.6 Å². The number of methoxy groups -OCH3 is 1. The average Bonchev–Trinajstić information content (AvgIpc) is 3.66. The largest absolute Gasteiger partial charge is 0.491 e. The Kier molecular flexibility index (Phi) is 23.7. The number of hydrogen-bond acceptors (Lipinski definition) is 14. The molecule has 0 aliphatic heterocycles. The monoisotopic (exact) mass is 958 g/mol. The maximum absolute atomic E-state index is 13.0. The van der Waals surface area contributed by atoms with Gasteiger partial charge in [-0.15, -0.1) is 0 Å². The van der Waals surface area contributed by atoms with Crippen molar-refractivity contribution in [1.82, 2.24) is 10.6 Å². The molecule has 2 N–H and O–H groups in total. The summed E-state index contributed by atoms with van der Waals surface area (Å²) < 4.78 is 60.5. The second-order valence-electron chi connectivity index (χ2n) is 17.0. The summed E-state index contributed by atoms with van der Waals surface area (Å²) in [6.07, 6.45) is -0.903. The zero-order chi connectivity index (χ0) is 49.1. The molecule has 0 fully saturated rings. The molecular formula is C53H70N2O14. The first-order chi connectivity index (χ1) is 33.5. The molecule has 0 bridgehead atoms. The number of nitrogens with one attached hydrogen (secondary N) is 2. The number of fused-ring (bicyclic) bond motifs is 3. The van der Waals surface area contributed by atoms with E-state index in [1.165, 1.54) is 7.11 Å². The van der Waals surface area contributed by atoms with Gasteiger partial charge >= 0.3 is 18.2 Å². The second kappa shape index (κ2) is 30.1. The fourth-order valence-corrected chi connectivity index (χ4v) is 7.40. The Labute approximate surface area is 406 Å². The fourth-order valence-electron chi connectivity index (χ4n) is 7.40. The topological polar surface area (TPSA) is 177 Å². The summed E-state index contributed by atoms with van der Waals surface area (Å²) in [6.45, 7) is 14.6. The van der Waals surface area contributed by atoms with Crippen LogP contribution in [0.1, 0.15) is 48.9 Å². The first kappa shape index (κ1) is 54.4. The van der Waals surface area contributed by atoms with Gasteiger partial charge < -0.3 is 62.7 Å². The Bertz CT molecular complexity index is 2100. The summed E-state index contributed by atoms with van der Waals surface area (Å²) in [5.41, 5.74) is 7.93. The number of carbonyl (C=O) groups excluding carboxylic acids is 3. The number of amides is 2. The highest BCUT2D eigenvalue weighted by Gasteiger charge is 2.30. The third-order valence-corrected chi connectivity index (χ3v) is 10.7. The predicted octanol–water partition coefficient (Wildman–Crippen LogP) is 7.30. The number of ether oxygens (including phenoxy) is 11. The lowest BCUT2D eigenvalue weighted by atomic mass is 9.97. The summed E-state index contributed by atoms with van der Waals surface area (Å²) in [4.78, 5) is 37.3. The van der Waals surface area contributed by atoms with Crippen molar-refractivity contribution in [2.75, 3.05) is 119 Å². The van der Waals surface area contributed by atoms with Gasteiger partial charge in [-0.2, -0.15) is 0 Å². The highest BCUT2D eigenvalue weighted by molar-refractivity contribution is 5.82. The van der Waals surface area contributed by atoms with E-state index in [-0.39, 0.29) is 18.9 Å². The molecule has 0 heterocycles. The van der Waals surface area contributed by atoms with Crippen molar-refractivity contribution in [1.29, 1.82) is 0 Å². The van der Waals surface area contributed by atoms with Crippen molar-refractivity contribution < 1.29 is 66.5 Å². The molecular weight excluding hydrogens is 889 g/mol. The molecule has 69 heavy (non-hydrogen) atoms. The minimum atomic E-state index is -0.922. The summed E-state index contributed by atoms with van der Waals surface area (Å²) in [6, 6.07) is 29.2. The molecule has 2 amide bonds. The van der Waals surface area contributed by atoms with Gasteiger partial charge in [-0.3, -0.25) is 0 Å². The Morgan fingerprint density at radius 3 is 1.57 bits per heavy atom. The van der Waals surface area contributed by atoms with Crippen LogP contribution >= 0.6 is 0 Å². The number of carbonyl (C=O) groups is 3. The minimum absolute atomic E-state index is 0.0920. The normalized spacial score (nSPS) is 12.5. The SMILES string of the molecule is COC(=O)[C@H](Cc1ccc(-c2ccc(OCCOCCOCCOCCOCCOCCOCCOCCNC(=O)OC(C)(C)C)cc2C)cc1)NC(=O)OCC1c2ccccc2-c2ccccc21. The van der Waals surface area contributed by atoms with E-state index in [0.29, 0.717) is 106 Å². The predicted molar refractivity (Wildman–Crippen MR) is 260 cm³/mol. The molecule has 376 valence electrons. The van der Waals surface area contributed by atoms with E-state index in [1.807, 2.05) is 94.4 Å². The van der Waals surface area contributed by atoms with E-state index >= 15 is 0 Å². The van der Waals surface area contributed by atoms with Gasteiger partial charge in [0.25, 0.3) is 0 Å². The Morgan fingerprint density at radius 1 is 0.580 bits per heavy atom. The van der Waals surface area contributed by atoms with Crippen LogP contribution in [-0.2, 0) is 58.6 Å². The summed E-state index contributed by atoms with van der Waals surface area (Å²) in [5.74, 6) is 0.0984. The first-order valence-corrected chi connectivity index (χ1v) is 23.6. The van der Waals surface area contributed by atoms with Crippen LogP contribution in [0.5, 0.6) is 5.75 Å². The van der Waals surface area contributed by atoms with Gasteiger partial charge in [-0.25, -0.2) is 14.4 Å². The van der Waals surface area contributed by atoms with E-state index in [0.717, 1.165) is 50.3 Å². The maximum Gasteiger partial charge on any atom is 0.407 e. The number of benzene rings is 4. The smallest absolute Gasteiger partial charge is 0.407 e. The Hall–Kier alpha value is -5.59. The van der Waals surface area contributed by atoms with Crippen LogP contribution in [0.3, 0.4) is 0 Å². The van der Waals surface area contributed by atoms with Crippen LogP contribution in [0.25, 0.3) is 22.3 Å². The molecule has 5 rings (SSSR count). The van der Waals surface area contributed by atoms with Gasteiger partial charge in [-0.05, 0) is 84.3 Å². The molecule has 1 atom stereocenters. The summed E-state index contributed by atoms with van der Waals surface area (Å²) in [7, 11) is 1.30. The van der Waals surface area contributed by atoms with Crippen molar-refractivity contribution in [2.45, 2.75) is 51.7 Å². The minimum Gasteiger partial charge on any atom is -0.491 e. The molecule has 0 radical (unpaired) electrons. The van der Waals surface area contributed by atoms with Crippen molar-refractivity contribution in [3.8, 4) is 28.0 Å². The van der Waals surface area contributed by atoms with Crippen LogP contribution in [0.15, 0.2) is 91.0 Å². The molecule has 16 heteroatoms. The number of rotatable bonds is 32. The quantitative estimate of drug-likeness (QED) is 0.0283. The Balaban J connectivity index is 0.843. The van der Waals surface area contributed by atoms with Crippen LogP contribution in [0, 0.1) is 6.92 Å². The molecule has 4 aromatic carbocycles. The lowest BCUT2D eigenvalue weighted by molar-refractivity contribution is -0.143. The van der Waals surface area contributed by atoms with E-state index in [2.05, 4.69) is 34.9 Å². The highest BCUT2D eigenvalue weighted by Crippen LogP contribution is 2.44. The second-order valence-corrected chi connectivity index (χ2v) is 17.0. The van der Waals surface area contributed by atoms with Gasteiger partial charge in [0.2, 0.25) is 0 Å². The molecule has 16 nitrogen and oxygen atoms in total. The molecule has 0 aromatic heterocycles. The average molecular weight is 959 g/mol. The number of alkyl carbamates (subject to hydrolysis) is 2. The van der Waals surface area contributed by atoms with Gasteiger partial charge in [0.1, 0.15) is 30.6 Å². The number of aryl methyl sites for hydroxylation is 1. The molecule has 0 saturated carbocycles. The zero-order valence-corrected chi connectivity index (χ0v) is 40.8. The number of hydrogen-bond donors (Lipinski definition) is 2. The van der Waals surface area contributed by atoms with Gasteiger partial charge in [0.15, 0.2) is 0 Å². The lowest BCUT2D eigenvalue weighted by Crippen LogP contribution is -2.43. The van der Waals surface area contributed by atoms with Crippen molar-refractivity contribution in [2.24, 2.45) is 0 Å². The number of esters is 1. The first-order valence-electron chi connectivity index (χ1n) is 23.6. The third kappa shape index (κ3) is 19.7. The fraction of sp³-hybridized carbons (Fsp3) is 0.491. The molecule has 1 aliphatic rings. The molecule has 4 aromatic rings. The molecule has 0 unspecified atom stereocenters.